The summed E-state index contributed by atoms with van der Waals surface area (Å²) in [6.07, 6.45) is 2.20. The van der Waals surface area contributed by atoms with Crippen LogP contribution in [0.25, 0.3) is 17.1 Å². The van der Waals surface area contributed by atoms with Gasteiger partial charge in [0.15, 0.2) is 17.7 Å². The van der Waals surface area contributed by atoms with Crippen molar-refractivity contribution < 1.29 is 13.9 Å². The molecule has 0 unspecified atom stereocenters. The summed E-state index contributed by atoms with van der Waals surface area (Å²) in [4.78, 5) is 11.1. The summed E-state index contributed by atoms with van der Waals surface area (Å²) in [5, 5.41) is 7.90. The lowest BCUT2D eigenvalue weighted by atomic mass is 10.2. The lowest BCUT2D eigenvalue weighted by Gasteiger charge is -2.07. The molecule has 0 aliphatic rings. The Hall–Kier alpha value is -2.89. The molecule has 3 rings (SSSR count). The van der Waals surface area contributed by atoms with E-state index in [0.29, 0.717) is 24.3 Å². The van der Waals surface area contributed by atoms with Crippen LogP contribution in [0.2, 0.25) is 0 Å². The van der Waals surface area contributed by atoms with E-state index in [2.05, 4.69) is 10.3 Å². The Morgan fingerprint density at radius 2 is 2.10 bits per heavy atom. The van der Waals surface area contributed by atoms with Gasteiger partial charge in [-0.05, 0) is 43.3 Å². The zero-order chi connectivity index (χ0) is 14.7. The second-order valence-electron chi connectivity index (χ2n) is 4.26. The monoisotopic (exact) mass is 283 g/mol. The minimum atomic E-state index is 0.235. The van der Waals surface area contributed by atoms with E-state index in [1.807, 2.05) is 31.2 Å². The number of nitrogens with zero attached hydrogens (tertiary/aromatic N) is 3. The summed E-state index contributed by atoms with van der Waals surface area (Å²) in [6, 6.07) is 10.9. The van der Waals surface area contributed by atoms with Crippen LogP contribution in [-0.2, 0) is 0 Å². The van der Waals surface area contributed by atoms with Gasteiger partial charge in [-0.25, -0.2) is 4.68 Å². The van der Waals surface area contributed by atoms with Crippen molar-refractivity contribution in [1.29, 1.82) is 0 Å². The third kappa shape index (κ3) is 2.43. The SMILES string of the molecule is CCOc1ccc(-n2nnc(C=O)c2-c2ccco2)cc1. The molecule has 3 aromatic rings. The summed E-state index contributed by atoms with van der Waals surface area (Å²) in [7, 11) is 0. The van der Waals surface area contributed by atoms with Gasteiger partial charge >= 0.3 is 0 Å². The van der Waals surface area contributed by atoms with Crippen molar-refractivity contribution in [2.24, 2.45) is 0 Å². The highest BCUT2D eigenvalue weighted by Crippen LogP contribution is 2.25. The first-order valence-corrected chi connectivity index (χ1v) is 6.51. The van der Waals surface area contributed by atoms with Crippen LogP contribution in [0, 0.1) is 0 Å². The minimum absolute atomic E-state index is 0.235. The molecule has 106 valence electrons. The molecule has 6 heteroatoms. The quantitative estimate of drug-likeness (QED) is 0.673. The van der Waals surface area contributed by atoms with Gasteiger partial charge in [-0.3, -0.25) is 4.79 Å². The van der Waals surface area contributed by atoms with Gasteiger partial charge in [0.25, 0.3) is 0 Å². The number of benzene rings is 1. The van der Waals surface area contributed by atoms with Crippen molar-refractivity contribution in [3.8, 4) is 22.9 Å². The summed E-state index contributed by atoms with van der Waals surface area (Å²) >= 11 is 0. The Balaban J connectivity index is 2.06. The maximum Gasteiger partial charge on any atom is 0.172 e. The van der Waals surface area contributed by atoms with Gasteiger partial charge in [0.2, 0.25) is 0 Å². The first kappa shape index (κ1) is 13.1. The molecular weight excluding hydrogens is 270 g/mol. The topological polar surface area (TPSA) is 70.2 Å². The van der Waals surface area contributed by atoms with Crippen LogP contribution >= 0.6 is 0 Å². The highest BCUT2D eigenvalue weighted by atomic mass is 16.5. The first-order chi connectivity index (χ1) is 10.3. The van der Waals surface area contributed by atoms with E-state index < -0.39 is 0 Å². The molecule has 21 heavy (non-hydrogen) atoms. The van der Waals surface area contributed by atoms with Crippen molar-refractivity contribution in [2.45, 2.75) is 6.92 Å². The maximum atomic E-state index is 11.1. The molecule has 0 bridgehead atoms. The summed E-state index contributed by atoms with van der Waals surface area (Å²) in [5.74, 6) is 1.31. The number of carbonyl (C=O) groups excluding carboxylic acids is 1. The second kappa shape index (κ2) is 5.62. The molecule has 0 atom stereocenters. The Morgan fingerprint density at radius 1 is 1.29 bits per heavy atom. The fraction of sp³-hybridized carbons (Fsp3) is 0.133. The Kier molecular flexibility index (Phi) is 3.51. The predicted molar refractivity (Wildman–Crippen MR) is 75.6 cm³/mol. The van der Waals surface area contributed by atoms with Crippen LogP contribution in [0.1, 0.15) is 17.4 Å². The third-order valence-electron chi connectivity index (χ3n) is 2.95. The molecule has 0 amide bonds. The number of ether oxygens (including phenoxy) is 1. The van der Waals surface area contributed by atoms with Crippen LogP contribution in [0.4, 0.5) is 0 Å². The van der Waals surface area contributed by atoms with Crippen LogP contribution < -0.4 is 4.74 Å². The Bertz CT molecular complexity index is 730. The van der Waals surface area contributed by atoms with Crippen LogP contribution in [-0.4, -0.2) is 27.9 Å². The Labute approximate surface area is 121 Å². The van der Waals surface area contributed by atoms with Crippen LogP contribution in [0.5, 0.6) is 5.75 Å². The van der Waals surface area contributed by atoms with Gasteiger partial charge in [0, 0.05) is 0 Å². The van der Waals surface area contributed by atoms with E-state index >= 15 is 0 Å². The summed E-state index contributed by atoms with van der Waals surface area (Å²) in [5.41, 5.74) is 1.53. The molecule has 1 aromatic carbocycles. The molecule has 0 radical (unpaired) electrons. The van der Waals surface area contributed by atoms with E-state index in [4.69, 9.17) is 9.15 Å². The van der Waals surface area contributed by atoms with Crippen LogP contribution in [0.3, 0.4) is 0 Å². The van der Waals surface area contributed by atoms with Gasteiger partial charge < -0.3 is 9.15 Å². The molecule has 2 heterocycles. The number of hydrogen-bond donors (Lipinski definition) is 0. The lowest BCUT2D eigenvalue weighted by molar-refractivity contribution is 0.111. The van der Waals surface area contributed by atoms with Crippen LogP contribution in [0.15, 0.2) is 47.1 Å². The van der Waals surface area contributed by atoms with Gasteiger partial charge in [-0.2, -0.15) is 0 Å². The van der Waals surface area contributed by atoms with Gasteiger partial charge in [0.05, 0.1) is 18.6 Å². The van der Waals surface area contributed by atoms with E-state index in [1.165, 1.54) is 0 Å². The van der Waals surface area contributed by atoms with E-state index in [0.717, 1.165) is 11.4 Å². The molecule has 6 nitrogen and oxygen atoms in total. The van der Waals surface area contributed by atoms with Crippen molar-refractivity contribution in [3.05, 3.63) is 48.4 Å². The molecule has 0 spiro atoms. The third-order valence-corrected chi connectivity index (χ3v) is 2.95. The number of hydrogen-bond acceptors (Lipinski definition) is 5. The summed E-state index contributed by atoms with van der Waals surface area (Å²) in [6.45, 7) is 2.53. The molecule has 0 aliphatic carbocycles. The molecule has 0 saturated heterocycles. The van der Waals surface area contributed by atoms with Crippen molar-refractivity contribution >= 4 is 6.29 Å². The second-order valence-corrected chi connectivity index (χ2v) is 4.26. The number of rotatable bonds is 5. The smallest absolute Gasteiger partial charge is 0.172 e. The van der Waals surface area contributed by atoms with Gasteiger partial charge in [-0.15, -0.1) is 5.10 Å². The maximum absolute atomic E-state index is 11.1. The molecule has 0 saturated carbocycles. The molecule has 0 fully saturated rings. The molecule has 2 aromatic heterocycles. The highest BCUT2D eigenvalue weighted by Gasteiger charge is 2.18. The lowest BCUT2D eigenvalue weighted by Crippen LogP contribution is -2.00. The average molecular weight is 283 g/mol. The minimum Gasteiger partial charge on any atom is -0.494 e. The van der Waals surface area contributed by atoms with Crippen molar-refractivity contribution in [3.63, 3.8) is 0 Å². The van der Waals surface area contributed by atoms with Gasteiger partial charge in [-0.1, -0.05) is 5.21 Å². The fourth-order valence-corrected chi connectivity index (χ4v) is 2.05. The molecule has 0 N–H and O–H groups in total. The number of aromatic nitrogens is 3. The normalized spacial score (nSPS) is 10.5. The number of carbonyl (C=O) groups is 1. The van der Waals surface area contributed by atoms with E-state index in [1.54, 1.807) is 23.1 Å². The predicted octanol–water partition coefficient (Wildman–Crippen LogP) is 2.74. The van der Waals surface area contributed by atoms with Crippen molar-refractivity contribution in [1.82, 2.24) is 15.0 Å². The van der Waals surface area contributed by atoms with E-state index in [-0.39, 0.29) is 5.69 Å². The first-order valence-electron chi connectivity index (χ1n) is 6.51. The fourth-order valence-electron chi connectivity index (χ4n) is 2.05. The molecule has 0 aliphatic heterocycles. The number of furan rings is 1. The van der Waals surface area contributed by atoms with Crippen molar-refractivity contribution in [2.75, 3.05) is 6.61 Å². The number of aldehydes is 1. The average Bonchev–Trinajstić information content (AvgIpc) is 3.17. The Morgan fingerprint density at radius 3 is 2.71 bits per heavy atom. The molecular formula is C15H13N3O3. The zero-order valence-corrected chi connectivity index (χ0v) is 11.4. The standard InChI is InChI=1S/C15H13N3O3/c1-2-20-12-7-5-11(6-8-12)18-15(13(10-19)16-17-18)14-4-3-9-21-14/h3-10H,2H2,1H3. The zero-order valence-electron chi connectivity index (χ0n) is 11.4. The van der Waals surface area contributed by atoms with Gasteiger partial charge in [0.1, 0.15) is 11.4 Å². The highest BCUT2D eigenvalue weighted by molar-refractivity contribution is 5.82. The largest absolute Gasteiger partial charge is 0.494 e. The summed E-state index contributed by atoms with van der Waals surface area (Å²) < 4.78 is 12.3. The van der Waals surface area contributed by atoms with E-state index in [9.17, 15) is 4.79 Å².